The zero-order chi connectivity index (χ0) is 17.4. The molecule has 25 heavy (non-hydrogen) atoms. The van der Waals surface area contributed by atoms with E-state index in [1.54, 1.807) is 18.2 Å². The molecule has 0 atom stereocenters. The molecule has 1 N–H and O–H groups in total. The molecule has 132 valence electrons. The van der Waals surface area contributed by atoms with Crippen molar-refractivity contribution in [1.82, 2.24) is 4.98 Å². The van der Waals surface area contributed by atoms with E-state index in [9.17, 15) is 8.78 Å². The first-order valence-corrected chi connectivity index (χ1v) is 9.54. The van der Waals surface area contributed by atoms with Gasteiger partial charge in [0.15, 0.2) is 5.82 Å². The van der Waals surface area contributed by atoms with E-state index in [1.807, 2.05) is 6.07 Å². The van der Waals surface area contributed by atoms with E-state index in [4.69, 9.17) is 11.6 Å². The first-order chi connectivity index (χ1) is 12.1. The summed E-state index contributed by atoms with van der Waals surface area (Å²) < 4.78 is 30.6. The largest absolute Gasteiger partial charge is 0.370 e. The molecule has 0 amide bonds. The van der Waals surface area contributed by atoms with Crippen molar-refractivity contribution in [2.75, 3.05) is 22.7 Å². The molecule has 4 rings (SSSR count). The number of anilines is 2. The molecule has 0 radical (unpaired) electrons. The molecule has 7 heteroatoms. The highest BCUT2D eigenvalue weighted by Crippen LogP contribution is 2.50. The Morgan fingerprint density at radius 3 is 2.68 bits per heavy atom. The van der Waals surface area contributed by atoms with Gasteiger partial charge in [-0.15, -0.1) is 0 Å². The summed E-state index contributed by atoms with van der Waals surface area (Å²) in [6.45, 7) is 1.89. The Balaban J connectivity index is 1.48. The van der Waals surface area contributed by atoms with Gasteiger partial charge in [-0.2, -0.15) is 4.39 Å². The molecule has 1 aromatic carbocycles. The molecule has 1 aliphatic heterocycles. The van der Waals surface area contributed by atoms with Crippen molar-refractivity contribution in [3.05, 3.63) is 47.1 Å². The first-order valence-electron chi connectivity index (χ1n) is 8.35. The lowest BCUT2D eigenvalue weighted by molar-refractivity contribution is 0.165. The predicted molar refractivity (Wildman–Crippen MR) is 98.2 cm³/mol. The van der Waals surface area contributed by atoms with Crippen LogP contribution in [0.4, 0.5) is 20.3 Å². The summed E-state index contributed by atoms with van der Waals surface area (Å²) in [4.78, 5) is 6.24. The SMILES string of the molecule is Fc1cccc(NSc2ccc(N3CCC4(CCC4)C3)c(Cl)c2F)n1. The number of nitrogens with one attached hydrogen (secondary N) is 1. The van der Waals surface area contributed by atoms with Crippen LogP contribution in [0.3, 0.4) is 0 Å². The number of hydrogen-bond acceptors (Lipinski definition) is 4. The monoisotopic (exact) mass is 381 g/mol. The van der Waals surface area contributed by atoms with Gasteiger partial charge in [0.05, 0.1) is 10.6 Å². The molecule has 2 heterocycles. The third-order valence-electron chi connectivity index (χ3n) is 5.20. The maximum Gasteiger partial charge on any atom is 0.214 e. The summed E-state index contributed by atoms with van der Waals surface area (Å²) in [7, 11) is 0. The fraction of sp³-hybridized carbons (Fsp3) is 0.389. The molecule has 2 fully saturated rings. The van der Waals surface area contributed by atoms with Gasteiger partial charge < -0.3 is 9.62 Å². The van der Waals surface area contributed by atoms with E-state index in [0.29, 0.717) is 16.1 Å². The van der Waals surface area contributed by atoms with Crippen molar-refractivity contribution >= 4 is 35.1 Å². The van der Waals surface area contributed by atoms with Crippen LogP contribution in [0.2, 0.25) is 5.02 Å². The highest BCUT2D eigenvalue weighted by molar-refractivity contribution is 8.00. The van der Waals surface area contributed by atoms with Gasteiger partial charge in [-0.3, -0.25) is 0 Å². The number of pyridine rings is 1. The van der Waals surface area contributed by atoms with Gasteiger partial charge in [0.25, 0.3) is 0 Å². The molecule has 1 aliphatic carbocycles. The Labute approximate surface area is 154 Å². The molecule has 1 spiro atoms. The van der Waals surface area contributed by atoms with Crippen LogP contribution in [0, 0.1) is 17.2 Å². The van der Waals surface area contributed by atoms with Gasteiger partial charge in [-0.1, -0.05) is 24.1 Å². The van der Waals surface area contributed by atoms with Gasteiger partial charge in [0, 0.05) is 13.1 Å². The third-order valence-corrected chi connectivity index (χ3v) is 6.41. The number of nitrogens with zero attached hydrogens (tertiary/aromatic N) is 2. The standard InChI is InChI=1S/C18H18ClF2N3S/c19-16-12(24-10-9-18(11-24)7-2-8-18)5-6-13(17(16)21)25-23-15-4-1-3-14(20)22-15/h1,3-6H,2,7-11H2,(H,22,23). The van der Waals surface area contributed by atoms with Crippen LogP contribution in [0.5, 0.6) is 0 Å². The minimum Gasteiger partial charge on any atom is -0.370 e. The van der Waals surface area contributed by atoms with Crippen LogP contribution in [0.1, 0.15) is 25.7 Å². The summed E-state index contributed by atoms with van der Waals surface area (Å²) in [5.74, 6) is -0.711. The smallest absolute Gasteiger partial charge is 0.214 e. The van der Waals surface area contributed by atoms with Crippen LogP contribution >= 0.6 is 23.5 Å². The second-order valence-corrected chi connectivity index (χ2v) is 8.01. The number of aromatic nitrogens is 1. The number of benzene rings is 1. The maximum atomic E-state index is 14.7. The fourth-order valence-electron chi connectivity index (χ4n) is 3.64. The Bertz CT molecular complexity index is 798. The van der Waals surface area contributed by atoms with Crippen molar-refractivity contribution in [1.29, 1.82) is 0 Å². The van der Waals surface area contributed by atoms with Gasteiger partial charge in [-0.05, 0) is 60.9 Å². The summed E-state index contributed by atoms with van der Waals surface area (Å²) in [5.41, 5.74) is 1.19. The van der Waals surface area contributed by atoms with E-state index in [2.05, 4.69) is 14.6 Å². The lowest BCUT2D eigenvalue weighted by Gasteiger charge is -2.38. The van der Waals surface area contributed by atoms with Crippen molar-refractivity contribution in [3.8, 4) is 0 Å². The molecular formula is C18H18ClF2N3S. The number of halogens is 3. The second kappa shape index (κ2) is 6.65. The van der Waals surface area contributed by atoms with Crippen LogP contribution in [-0.2, 0) is 0 Å². The van der Waals surface area contributed by atoms with Crippen LogP contribution in [-0.4, -0.2) is 18.1 Å². The van der Waals surface area contributed by atoms with Crippen molar-refractivity contribution in [3.63, 3.8) is 0 Å². The lowest BCUT2D eigenvalue weighted by atomic mass is 9.68. The van der Waals surface area contributed by atoms with Gasteiger partial charge in [0.2, 0.25) is 5.95 Å². The zero-order valence-electron chi connectivity index (χ0n) is 13.6. The van der Waals surface area contributed by atoms with Gasteiger partial charge >= 0.3 is 0 Å². The van der Waals surface area contributed by atoms with E-state index in [1.165, 1.54) is 25.3 Å². The Morgan fingerprint density at radius 1 is 1.16 bits per heavy atom. The molecule has 2 aliphatic rings. The zero-order valence-corrected chi connectivity index (χ0v) is 15.1. The summed E-state index contributed by atoms with van der Waals surface area (Å²) in [5, 5.41) is 0.148. The van der Waals surface area contributed by atoms with Crippen molar-refractivity contribution in [2.45, 2.75) is 30.6 Å². The summed E-state index contributed by atoms with van der Waals surface area (Å²) in [6, 6.07) is 7.99. The molecule has 1 saturated carbocycles. The van der Waals surface area contributed by atoms with Gasteiger partial charge in [-0.25, -0.2) is 9.37 Å². The van der Waals surface area contributed by atoms with Crippen LogP contribution < -0.4 is 9.62 Å². The molecular weight excluding hydrogens is 364 g/mol. The molecule has 3 nitrogen and oxygen atoms in total. The molecule has 0 bridgehead atoms. The van der Waals surface area contributed by atoms with Crippen LogP contribution in [0.25, 0.3) is 0 Å². The van der Waals surface area contributed by atoms with Crippen molar-refractivity contribution in [2.24, 2.45) is 5.41 Å². The Morgan fingerprint density at radius 2 is 2.00 bits per heavy atom. The molecule has 1 aromatic heterocycles. The minimum atomic E-state index is -0.585. The van der Waals surface area contributed by atoms with E-state index in [-0.39, 0.29) is 5.02 Å². The molecule has 1 saturated heterocycles. The quantitative estimate of drug-likeness (QED) is 0.558. The highest BCUT2D eigenvalue weighted by atomic mass is 35.5. The second-order valence-electron chi connectivity index (χ2n) is 6.79. The van der Waals surface area contributed by atoms with Crippen molar-refractivity contribution < 1.29 is 8.78 Å². The average molecular weight is 382 g/mol. The number of hydrogen-bond donors (Lipinski definition) is 1. The summed E-state index contributed by atoms with van der Waals surface area (Å²) >= 11 is 7.34. The van der Waals surface area contributed by atoms with E-state index < -0.39 is 11.8 Å². The molecule has 2 aromatic rings. The highest BCUT2D eigenvalue weighted by Gasteiger charge is 2.43. The third kappa shape index (κ3) is 3.29. The average Bonchev–Trinajstić information content (AvgIpc) is 3.02. The summed E-state index contributed by atoms with van der Waals surface area (Å²) in [6.07, 6.45) is 4.99. The normalized spacial score (nSPS) is 18.4. The van der Waals surface area contributed by atoms with Gasteiger partial charge in [0.1, 0.15) is 10.8 Å². The topological polar surface area (TPSA) is 28.2 Å². The van der Waals surface area contributed by atoms with E-state index in [0.717, 1.165) is 37.1 Å². The first kappa shape index (κ1) is 16.9. The minimum absolute atomic E-state index is 0.148. The Kier molecular flexibility index (Phi) is 4.50. The predicted octanol–water partition coefficient (Wildman–Crippen LogP) is 5.51. The maximum absolute atomic E-state index is 14.7. The Hall–Kier alpha value is -1.53. The van der Waals surface area contributed by atoms with E-state index >= 15 is 0 Å². The lowest BCUT2D eigenvalue weighted by Crippen LogP contribution is -2.33. The number of rotatable bonds is 4. The molecule has 0 unspecified atom stereocenters. The fourth-order valence-corrected chi connectivity index (χ4v) is 4.64. The van der Waals surface area contributed by atoms with Crippen LogP contribution in [0.15, 0.2) is 35.2 Å².